The fraction of sp³-hybridized carbons (Fsp3) is 0.520. The van der Waals surface area contributed by atoms with Crippen LogP contribution in [0.5, 0.6) is 5.75 Å². The lowest BCUT2D eigenvalue weighted by Crippen LogP contribution is -2.50. The van der Waals surface area contributed by atoms with Gasteiger partial charge >= 0.3 is 0 Å². The van der Waals surface area contributed by atoms with Gasteiger partial charge in [-0.2, -0.15) is 0 Å². The number of nitrogens with zero attached hydrogens (tertiary/aromatic N) is 1. The summed E-state index contributed by atoms with van der Waals surface area (Å²) in [4.78, 5) is 1.99. The molecule has 0 aliphatic rings. The third kappa shape index (κ3) is 5.03. The van der Waals surface area contributed by atoms with Crippen molar-refractivity contribution in [3.8, 4) is 5.75 Å². The Kier molecular flexibility index (Phi) is 7.55. The first-order valence-corrected chi connectivity index (χ1v) is 12.9. The Morgan fingerprint density at radius 3 is 2.00 bits per heavy atom. The van der Waals surface area contributed by atoms with E-state index in [4.69, 9.17) is 4.43 Å². The molecule has 0 radical (unpaired) electrons. The van der Waals surface area contributed by atoms with Gasteiger partial charge in [0.25, 0.3) is 8.32 Å². The third-order valence-electron chi connectivity index (χ3n) is 6.11. The van der Waals surface area contributed by atoms with E-state index in [1.165, 1.54) is 11.1 Å². The van der Waals surface area contributed by atoms with Crippen molar-refractivity contribution in [2.45, 2.75) is 78.6 Å². The second-order valence-corrected chi connectivity index (χ2v) is 14.7. The lowest BCUT2D eigenvalue weighted by atomic mass is 10.1. The minimum atomic E-state index is -2.11. The molecule has 0 fully saturated rings. The molecule has 0 unspecified atom stereocenters. The maximum atomic E-state index is 15.2. The summed E-state index contributed by atoms with van der Waals surface area (Å²) in [5.41, 5.74) is 5.31. The summed E-state index contributed by atoms with van der Waals surface area (Å²) >= 11 is 0. The van der Waals surface area contributed by atoms with Crippen LogP contribution in [0.1, 0.15) is 58.2 Å². The van der Waals surface area contributed by atoms with Gasteiger partial charge < -0.3 is 9.33 Å². The summed E-state index contributed by atoms with van der Waals surface area (Å²) in [6.07, 6.45) is 0. The van der Waals surface area contributed by atoms with Crippen molar-refractivity contribution < 1.29 is 8.82 Å². The topological polar surface area (TPSA) is 12.5 Å². The zero-order valence-electron chi connectivity index (χ0n) is 19.6. The highest BCUT2D eigenvalue weighted by Gasteiger charge is 2.47. The van der Waals surface area contributed by atoms with Gasteiger partial charge in [-0.3, -0.25) is 0 Å². The number of hydrogen-bond donors (Lipinski definition) is 0. The highest BCUT2D eigenvalue weighted by atomic mass is 28.4. The van der Waals surface area contributed by atoms with Crippen LogP contribution in [0.3, 0.4) is 0 Å². The third-order valence-corrected chi connectivity index (χ3v) is 12.1. The summed E-state index contributed by atoms with van der Waals surface area (Å²) in [5.74, 6) is 0.463. The van der Waals surface area contributed by atoms with Crippen LogP contribution in [0.4, 0.5) is 10.1 Å². The molecule has 160 valence electrons. The first kappa shape index (κ1) is 23.5. The van der Waals surface area contributed by atoms with Crippen LogP contribution in [-0.4, -0.2) is 15.4 Å². The Labute approximate surface area is 178 Å². The predicted molar refractivity (Wildman–Crippen MR) is 126 cm³/mol. The summed E-state index contributed by atoms with van der Waals surface area (Å²) in [6, 6.07) is 12.0. The van der Waals surface area contributed by atoms with E-state index in [0.717, 1.165) is 5.56 Å². The van der Waals surface area contributed by atoms with Crippen LogP contribution in [-0.2, 0) is 6.54 Å². The van der Waals surface area contributed by atoms with Crippen molar-refractivity contribution >= 4 is 14.0 Å². The van der Waals surface area contributed by atoms with E-state index in [2.05, 4.69) is 66.7 Å². The lowest BCUT2D eigenvalue weighted by molar-refractivity contribution is 0.474. The van der Waals surface area contributed by atoms with Gasteiger partial charge in [0.15, 0.2) is 0 Å². The van der Waals surface area contributed by atoms with E-state index in [1.54, 1.807) is 6.07 Å². The molecule has 4 heteroatoms. The Morgan fingerprint density at radius 2 is 1.52 bits per heavy atom. The van der Waals surface area contributed by atoms with Crippen LogP contribution in [0.2, 0.25) is 16.6 Å². The van der Waals surface area contributed by atoms with Gasteiger partial charge in [-0.1, -0.05) is 71.4 Å². The largest absolute Gasteiger partial charge is 0.543 e. The van der Waals surface area contributed by atoms with Gasteiger partial charge in [-0.15, -0.1) is 0 Å². The number of rotatable bonds is 8. The van der Waals surface area contributed by atoms with Crippen molar-refractivity contribution in [1.82, 2.24) is 0 Å². The van der Waals surface area contributed by atoms with Crippen molar-refractivity contribution in [3.05, 3.63) is 58.9 Å². The number of hydrogen-bond acceptors (Lipinski definition) is 2. The fourth-order valence-corrected chi connectivity index (χ4v) is 10.2. The van der Waals surface area contributed by atoms with Crippen LogP contribution in [0.15, 0.2) is 36.4 Å². The SMILES string of the molecule is Cc1cccc(CN(C)c2c(C)cc(O[Si](C(C)C)(C(C)C)C(C)C)cc2F)c1. The predicted octanol–water partition coefficient (Wildman–Crippen LogP) is 7.63. The average Bonchev–Trinajstić information content (AvgIpc) is 2.58. The van der Waals surface area contributed by atoms with E-state index in [1.807, 2.05) is 31.0 Å². The molecule has 0 saturated heterocycles. The number of anilines is 1. The van der Waals surface area contributed by atoms with Gasteiger partial charge in [0.05, 0.1) is 5.69 Å². The Bertz CT molecular complexity index is 787. The molecule has 2 nitrogen and oxygen atoms in total. The van der Waals surface area contributed by atoms with Crippen LogP contribution in [0.25, 0.3) is 0 Å². The van der Waals surface area contributed by atoms with E-state index in [0.29, 0.717) is 34.6 Å². The molecule has 29 heavy (non-hydrogen) atoms. The molecule has 0 aromatic heterocycles. The van der Waals surface area contributed by atoms with Gasteiger partial charge in [0.2, 0.25) is 0 Å². The minimum absolute atomic E-state index is 0.214. The highest BCUT2D eigenvalue weighted by Crippen LogP contribution is 2.43. The normalized spacial score (nSPS) is 12.2. The minimum Gasteiger partial charge on any atom is -0.543 e. The van der Waals surface area contributed by atoms with Crippen molar-refractivity contribution in [2.75, 3.05) is 11.9 Å². The molecule has 0 aliphatic carbocycles. The molecule has 0 aliphatic heterocycles. The van der Waals surface area contributed by atoms with E-state index in [9.17, 15) is 0 Å². The smallest absolute Gasteiger partial charge is 0.258 e. The lowest BCUT2D eigenvalue weighted by Gasteiger charge is -2.42. The van der Waals surface area contributed by atoms with Gasteiger partial charge in [0.1, 0.15) is 11.6 Å². The Morgan fingerprint density at radius 1 is 0.931 bits per heavy atom. The molecular formula is C25H38FNOSi. The molecule has 2 aromatic carbocycles. The number of halogens is 1. The molecule has 0 saturated carbocycles. The van der Waals surface area contributed by atoms with E-state index in [-0.39, 0.29) is 5.82 Å². The first-order valence-electron chi connectivity index (χ1n) is 10.7. The fourth-order valence-electron chi connectivity index (χ4n) is 4.97. The van der Waals surface area contributed by atoms with E-state index >= 15 is 4.39 Å². The standard InChI is InChI=1S/C25H38FNOSi/c1-17(2)29(18(3)4,19(5)6)28-23-14-21(8)25(24(26)15-23)27(9)16-22-12-10-11-20(7)13-22/h10-15,17-19H,16H2,1-9H3. The first-order chi connectivity index (χ1) is 13.5. The molecular weight excluding hydrogens is 377 g/mol. The second kappa shape index (κ2) is 9.33. The van der Waals surface area contributed by atoms with Crippen molar-refractivity contribution in [3.63, 3.8) is 0 Å². The zero-order chi connectivity index (χ0) is 21.9. The van der Waals surface area contributed by atoms with Gasteiger partial charge in [0, 0.05) is 19.7 Å². The molecule has 2 aromatic rings. The second-order valence-electron chi connectivity index (χ2n) is 9.34. The Hall–Kier alpha value is -1.81. The number of aryl methyl sites for hydroxylation is 2. The summed E-state index contributed by atoms with van der Waals surface area (Å²) < 4.78 is 21.9. The summed E-state index contributed by atoms with van der Waals surface area (Å²) in [6.45, 7) is 18.2. The highest BCUT2D eigenvalue weighted by molar-refractivity contribution is 6.78. The maximum absolute atomic E-state index is 15.2. The summed E-state index contributed by atoms with van der Waals surface area (Å²) in [5, 5.41) is 0. The molecule has 0 amide bonds. The van der Waals surface area contributed by atoms with E-state index < -0.39 is 8.32 Å². The van der Waals surface area contributed by atoms with Crippen molar-refractivity contribution in [1.29, 1.82) is 0 Å². The molecule has 0 atom stereocenters. The van der Waals surface area contributed by atoms with Crippen LogP contribution >= 0.6 is 0 Å². The van der Waals surface area contributed by atoms with Crippen LogP contribution in [0, 0.1) is 19.7 Å². The molecule has 0 bridgehead atoms. The van der Waals surface area contributed by atoms with Crippen LogP contribution < -0.4 is 9.33 Å². The quantitative estimate of drug-likeness (QED) is 0.411. The zero-order valence-corrected chi connectivity index (χ0v) is 20.6. The molecule has 0 N–H and O–H groups in total. The maximum Gasteiger partial charge on any atom is 0.258 e. The Balaban J connectivity index is 2.35. The summed E-state index contributed by atoms with van der Waals surface area (Å²) in [7, 11) is -0.158. The molecule has 0 spiro atoms. The molecule has 2 rings (SSSR count). The number of benzene rings is 2. The average molecular weight is 416 g/mol. The van der Waals surface area contributed by atoms with Gasteiger partial charge in [-0.25, -0.2) is 4.39 Å². The monoisotopic (exact) mass is 415 g/mol. The molecule has 0 heterocycles. The van der Waals surface area contributed by atoms with Crippen molar-refractivity contribution in [2.24, 2.45) is 0 Å². The van der Waals surface area contributed by atoms with Gasteiger partial charge in [-0.05, 0) is 47.7 Å².